The second kappa shape index (κ2) is 11.7. The minimum Gasteiger partial charge on any atom is -0.347 e. The van der Waals surface area contributed by atoms with E-state index in [-0.39, 0.29) is 6.29 Å². The molecule has 0 N–H and O–H groups in total. The summed E-state index contributed by atoms with van der Waals surface area (Å²) in [4.78, 5) is 7.04. The van der Waals surface area contributed by atoms with Gasteiger partial charge in [-0.15, -0.1) is 11.3 Å². The van der Waals surface area contributed by atoms with E-state index in [1.54, 1.807) is 11.3 Å². The minimum absolute atomic E-state index is 0.202. The fourth-order valence-corrected chi connectivity index (χ4v) is 4.64. The van der Waals surface area contributed by atoms with Crippen LogP contribution in [0.2, 0.25) is 0 Å². The van der Waals surface area contributed by atoms with Gasteiger partial charge in [-0.05, 0) is 37.5 Å². The zero-order chi connectivity index (χ0) is 19.6. The maximum absolute atomic E-state index is 6.03. The highest BCUT2D eigenvalue weighted by atomic mass is 32.1. The zero-order valence-corrected chi connectivity index (χ0v) is 18.3. The van der Waals surface area contributed by atoms with Gasteiger partial charge < -0.3 is 9.47 Å². The molecule has 1 aliphatic rings. The third-order valence-corrected chi connectivity index (χ3v) is 6.59. The molecule has 4 heteroatoms. The van der Waals surface area contributed by atoms with Crippen molar-refractivity contribution in [2.45, 2.75) is 77.9 Å². The molecule has 0 amide bonds. The second-order valence-corrected chi connectivity index (χ2v) is 9.03. The fraction of sp³-hybridized carbons (Fsp3) is 0.625. The summed E-state index contributed by atoms with van der Waals surface area (Å²) in [7, 11) is 0. The van der Waals surface area contributed by atoms with E-state index in [4.69, 9.17) is 9.47 Å². The quantitative estimate of drug-likeness (QED) is 0.374. The summed E-state index contributed by atoms with van der Waals surface area (Å²) in [6.45, 7) is 6.12. The van der Waals surface area contributed by atoms with Crippen molar-refractivity contribution in [2.75, 3.05) is 13.2 Å². The molecule has 0 unspecified atom stereocenters. The summed E-state index contributed by atoms with van der Waals surface area (Å²) in [5.41, 5.74) is 2.37. The van der Waals surface area contributed by atoms with E-state index in [2.05, 4.69) is 43.1 Å². The van der Waals surface area contributed by atoms with Crippen LogP contribution in [0, 0.1) is 5.92 Å². The van der Waals surface area contributed by atoms with Crippen LogP contribution in [-0.2, 0) is 15.9 Å². The molecule has 154 valence electrons. The third-order valence-electron chi connectivity index (χ3n) is 5.44. The van der Waals surface area contributed by atoms with Crippen molar-refractivity contribution in [1.29, 1.82) is 0 Å². The number of nitrogens with zero attached hydrogens (tertiary/aromatic N) is 1. The fourth-order valence-electron chi connectivity index (χ4n) is 3.64. The molecule has 3 nitrogen and oxygen atoms in total. The molecule has 2 aromatic heterocycles. The lowest BCUT2D eigenvalue weighted by Gasteiger charge is -2.28. The van der Waals surface area contributed by atoms with Gasteiger partial charge in [0.05, 0.1) is 18.1 Å². The van der Waals surface area contributed by atoms with E-state index in [1.165, 1.54) is 67.5 Å². The van der Waals surface area contributed by atoms with Crippen LogP contribution in [0.25, 0.3) is 10.4 Å². The number of unbranched alkanes of at least 4 members (excludes halogenated alkanes) is 5. The van der Waals surface area contributed by atoms with Crippen LogP contribution >= 0.6 is 11.3 Å². The van der Waals surface area contributed by atoms with Gasteiger partial charge >= 0.3 is 0 Å². The van der Waals surface area contributed by atoms with Crippen LogP contribution in [0.1, 0.15) is 82.1 Å². The van der Waals surface area contributed by atoms with E-state index >= 15 is 0 Å². The number of pyridine rings is 1. The van der Waals surface area contributed by atoms with E-state index in [9.17, 15) is 0 Å². The van der Waals surface area contributed by atoms with Gasteiger partial charge in [-0.1, -0.05) is 58.4 Å². The molecule has 3 heterocycles. The van der Waals surface area contributed by atoms with Crippen molar-refractivity contribution >= 4 is 11.3 Å². The van der Waals surface area contributed by atoms with E-state index < -0.39 is 0 Å². The molecule has 0 radical (unpaired) electrons. The van der Waals surface area contributed by atoms with Gasteiger partial charge in [0.25, 0.3) is 0 Å². The largest absolute Gasteiger partial charge is 0.347 e. The van der Waals surface area contributed by atoms with Gasteiger partial charge in [0.2, 0.25) is 0 Å². The molecule has 0 bridgehead atoms. The van der Waals surface area contributed by atoms with Crippen LogP contribution in [0.5, 0.6) is 0 Å². The number of ether oxygens (including phenoxy) is 2. The van der Waals surface area contributed by atoms with Gasteiger partial charge in [0.1, 0.15) is 0 Å². The topological polar surface area (TPSA) is 31.4 Å². The Labute approximate surface area is 174 Å². The number of rotatable bonds is 11. The Kier molecular flexibility index (Phi) is 8.97. The molecule has 0 aliphatic carbocycles. The van der Waals surface area contributed by atoms with E-state index in [1.807, 2.05) is 6.20 Å². The van der Waals surface area contributed by atoms with Crippen LogP contribution in [0.15, 0.2) is 30.5 Å². The van der Waals surface area contributed by atoms with Crippen molar-refractivity contribution < 1.29 is 9.47 Å². The Morgan fingerprint density at radius 2 is 1.71 bits per heavy atom. The monoisotopic (exact) mass is 401 g/mol. The Morgan fingerprint density at radius 3 is 2.43 bits per heavy atom. The third kappa shape index (κ3) is 6.40. The van der Waals surface area contributed by atoms with Gasteiger partial charge in [-0.2, -0.15) is 0 Å². The normalized spacial score (nSPS) is 19.8. The molecule has 1 aliphatic heterocycles. The summed E-state index contributed by atoms with van der Waals surface area (Å²) >= 11 is 1.76. The molecule has 0 saturated carbocycles. The molecule has 0 spiro atoms. The predicted molar refractivity (Wildman–Crippen MR) is 118 cm³/mol. The molecule has 28 heavy (non-hydrogen) atoms. The van der Waals surface area contributed by atoms with Gasteiger partial charge in [0, 0.05) is 28.2 Å². The lowest BCUT2D eigenvalue weighted by molar-refractivity contribution is -0.204. The molecule has 1 fully saturated rings. The van der Waals surface area contributed by atoms with Crippen LogP contribution in [-0.4, -0.2) is 18.2 Å². The molecule has 2 aromatic rings. The first-order chi connectivity index (χ1) is 13.8. The first-order valence-electron chi connectivity index (χ1n) is 11.1. The summed E-state index contributed by atoms with van der Waals surface area (Å²) < 4.78 is 12.1. The number of thiophene rings is 1. The van der Waals surface area contributed by atoms with Gasteiger partial charge in [-0.3, -0.25) is 4.98 Å². The Hall–Kier alpha value is -1.23. The van der Waals surface area contributed by atoms with Crippen molar-refractivity contribution in [1.82, 2.24) is 4.98 Å². The molecular formula is C24H35NO2S. The lowest BCUT2D eigenvalue weighted by Crippen LogP contribution is -2.26. The standard InChI is InChI=1S/C24H35NO2S/c1-3-5-7-9-10-19-17-26-24(27-18-19)23-15-14-22(28-23)20-12-13-21(25-16-20)11-8-6-4-2/h12-16,19,24H,3-11,17-18H2,1-2H3/t19-,24-. The Bertz CT molecular complexity index is 674. The van der Waals surface area contributed by atoms with Crippen LogP contribution in [0.3, 0.4) is 0 Å². The molecule has 0 aromatic carbocycles. The first kappa shape index (κ1) is 21.5. The van der Waals surface area contributed by atoms with Crippen molar-refractivity contribution in [3.05, 3.63) is 41.0 Å². The highest BCUT2D eigenvalue weighted by Gasteiger charge is 2.24. The minimum atomic E-state index is -0.202. The summed E-state index contributed by atoms with van der Waals surface area (Å²) in [5, 5.41) is 0. The number of hydrogen-bond donors (Lipinski definition) is 0. The average Bonchev–Trinajstić information content (AvgIpc) is 3.23. The summed E-state index contributed by atoms with van der Waals surface area (Å²) in [6.07, 6.45) is 13.1. The number of hydrogen-bond acceptors (Lipinski definition) is 4. The van der Waals surface area contributed by atoms with Crippen molar-refractivity contribution in [2.24, 2.45) is 5.92 Å². The van der Waals surface area contributed by atoms with Crippen LogP contribution in [0.4, 0.5) is 0 Å². The van der Waals surface area contributed by atoms with Gasteiger partial charge in [0.15, 0.2) is 6.29 Å². The number of aromatic nitrogens is 1. The SMILES string of the molecule is CCCCCC[C@H]1CO[C@H](c2ccc(-c3ccc(CCCCC)nc3)s2)OC1. The zero-order valence-electron chi connectivity index (χ0n) is 17.5. The first-order valence-corrected chi connectivity index (χ1v) is 11.9. The average molecular weight is 402 g/mol. The van der Waals surface area contributed by atoms with Crippen molar-refractivity contribution in [3.8, 4) is 10.4 Å². The summed E-state index contributed by atoms with van der Waals surface area (Å²) in [5.74, 6) is 0.553. The van der Waals surface area contributed by atoms with E-state index in [0.29, 0.717) is 5.92 Å². The molecule has 1 saturated heterocycles. The highest BCUT2D eigenvalue weighted by Crippen LogP contribution is 2.35. The maximum atomic E-state index is 6.03. The maximum Gasteiger partial charge on any atom is 0.193 e. The highest BCUT2D eigenvalue weighted by molar-refractivity contribution is 7.15. The molecule has 3 rings (SSSR count). The van der Waals surface area contributed by atoms with Crippen LogP contribution < -0.4 is 0 Å². The van der Waals surface area contributed by atoms with Gasteiger partial charge in [-0.25, -0.2) is 0 Å². The van der Waals surface area contributed by atoms with Crippen molar-refractivity contribution in [3.63, 3.8) is 0 Å². The Balaban J connectivity index is 1.48. The van der Waals surface area contributed by atoms with E-state index in [0.717, 1.165) is 24.5 Å². The summed E-state index contributed by atoms with van der Waals surface area (Å²) in [6, 6.07) is 8.67. The smallest absolute Gasteiger partial charge is 0.193 e. The second-order valence-electron chi connectivity index (χ2n) is 7.91. The Morgan fingerprint density at radius 1 is 0.929 bits per heavy atom. The molecule has 0 atom stereocenters. The lowest BCUT2D eigenvalue weighted by atomic mass is 10.0. The molecular weight excluding hydrogens is 366 g/mol. The number of aryl methyl sites for hydroxylation is 1. The predicted octanol–water partition coefficient (Wildman–Crippen LogP) is 7.17.